The Morgan fingerprint density at radius 1 is 1.16 bits per heavy atom. The van der Waals surface area contributed by atoms with Gasteiger partial charge in [0.25, 0.3) is 5.92 Å². The number of hydrogen-bond acceptors (Lipinski definition) is 3. The summed E-state index contributed by atoms with van der Waals surface area (Å²) in [6.45, 7) is 6.28. The molecule has 6 heteroatoms. The van der Waals surface area contributed by atoms with Crippen LogP contribution in [-0.2, 0) is 21.9 Å². The molecule has 0 saturated carbocycles. The van der Waals surface area contributed by atoms with Gasteiger partial charge in [0, 0.05) is 18.9 Å². The summed E-state index contributed by atoms with van der Waals surface area (Å²) in [4.78, 5) is 10.8. The summed E-state index contributed by atoms with van der Waals surface area (Å²) >= 11 is 0. The van der Waals surface area contributed by atoms with Crippen LogP contribution in [-0.4, -0.2) is 30.9 Å². The highest BCUT2D eigenvalue weighted by atomic mass is 19.3. The van der Waals surface area contributed by atoms with Gasteiger partial charge in [-0.15, -0.1) is 0 Å². The number of benzene rings is 2. The van der Waals surface area contributed by atoms with E-state index in [1.165, 1.54) is 28.8 Å². The monoisotopic (exact) mass is 430 g/mol. The van der Waals surface area contributed by atoms with E-state index in [1.807, 2.05) is 0 Å². The summed E-state index contributed by atoms with van der Waals surface area (Å²) in [6, 6.07) is 10.8. The first-order chi connectivity index (χ1) is 14.6. The lowest BCUT2D eigenvalue weighted by Crippen LogP contribution is -2.17. The van der Waals surface area contributed by atoms with Crippen LogP contribution in [0.1, 0.15) is 47.6 Å². The number of alkyl halides is 2. The van der Waals surface area contributed by atoms with Crippen LogP contribution in [0.5, 0.6) is 5.75 Å². The first kappa shape index (κ1) is 22.9. The largest absolute Gasteiger partial charge is 0.489 e. The molecule has 2 aromatic rings. The van der Waals surface area contributed by atoms with E-state index in [-0.39, 0.29) is 25.0 Å². The molecule has 0 radical (unpaired) electrons. The molecule has 0 aromatic heterocycles. The van der Waals surface area contributed by atoms with Crippen molar-refractivity contribution in [1.29, 1.82) is 0 Å². The number of ether oxygens (including phenoxy) is 2. The third-order valence-electron chi connectivity index (χ3n) is 5.63. The first-order valence-corrected chi connectivity index (χ1v) is 10.4. The third kappa shape index (κ3) is 5.91. The minimum absolute atomic E-state index is 0.0459. The van der Waals surface area contributed by atoms with E-state index in [2.05, 4.69) is 32.0 Å². The van der Waals surface area contributed by atoms with Gasteiger partial charge < -0.3 is 14.6 Å². The third-order valence-corrected chi connectivity index (χ3v) is 5.63. The number of carboxylic acid groups (broad SMARTS) is 1. The van der Waals surface area contributed by atoms with Gasteiger partial charge in [-0.05, 0) is 72.2 Å². The quantitative estimate of drug-likeness (QED) is 0.585. The Bertz CT molecular complexity index is 990. The van der Waals surface area contributed by atoms with Crippen molar-refractivity contribution in [2.24, 2.45) is 0 Å². The number of rotatable bonds is 8. The zero-order chi connectivity index (χ0) is 22.6. The molecule has 0 saturated heterocycles. The van der Waals surface area contributed by atoms with E-state index < -0.39 is 11.9 Å². The molecule has 0 fully saturated rings. The maximum Gasteiger partial charge on any atom is 0.303 e. The number of halogens is 2. The van der Waals surface area contributed by atoms with Gasteiger partial charge in [-0.3, -0.25) is 4.79 Å². The predicted octanol–water partition coefficient (Wildman–Crippen LogP) is 5.69. The lowest BCUT2D eigenvalue weighted by atomic mass is 9.94. The van der Waals surface area contributed by atoms with Gasteiger partial charge in [-0.1, -0.05) is 24.3 Å². The molecule has 0 atom stereocenters. The molecule has 0 spiro atoms. The molecule has 4 nitrogen and oxygen atoms in total. The second-order valence-electron chi connectivity index (χ2n) is 8.07. The van der Waals surface area contributed by atoms with Gasteiger partial charge in [0.15, 0.2) is 0 Å². The number of carboxylic acids is 1. The van der Waals surface area contributed by atoms with Gasteiger partial charge in [-0.25, -0.2) is 8.78 Å². The van der Waals surface area contributed by atoms with Crippen molar-refractivity contribution < 1.29 is 28.2 Å². The summed E-state index contributed by atoms with van der Waals surface area (Å²) in [7, 11) is 0. The van der Waals surface area contributed by atoms with Crippen LogP contribution in [0, 0.1) is 13.8 Å². The Kier molecular flexibility index (Phi) is 7.11. The Balaban J connectivity index is 1.83. The maximum absolute atomic E-state index is 14.1. The average Bonchev–Trinajstić information content (AvgIpc) is 2.72. The SMILES string of the molecule is Cc1ccc(C2=C(COc3ccc(CCC(=O)O)c(C(C)(F)F)c3)COCC2)cc1C. The topological polar surface area (TPSA) is 55.8 Å². The van der Waals surface area contributed by atoms with E-state index in [0.717, 1.165) is 24.5 Å². The van der Waals surface area contributed by atoms with Gasteiger partial charge in [0.1, 0.15) is 12.4 Å². The number of hydrogen-bond donors (Lipinski definition) is 1. The van der Waals surface area contributed by atoms with Crippen LogP contribution in [0.2, 0.25) is 0 Å². The lowest BCUT2D eigenvalue weighted by Gasteiger charge is -2.23. The van der Waals surface area contributed by atoms with Crippen LogP contribution in [0.15, 0.2) is 42.0 Å². The molecule has 0 amide bonds. The molecule has 1 heterocycles. The lowest BCUT2D eigenvalue weighted by molar-refractivity contribution is -0.137. The fourth-order valence-electron chi connectivity index (χ4n) is 3.72. The summed E-state index contributed by atoms with van der Waals surface area (Å²) in [5, 5.41) is 8.87. The molecule has 0 unspecified atom stereocenters. The maximum atomic E-state index is 14.1. The standard InChI is InChI=1S/C25H28F2O4/c1-16-4-5-19(12-17(16)2)22-10-11-30-14-20(22)15-31-21-8-6-18(7-9-24(28)29)23(13-21)25(3,26)27/h4-6,8,12-13H,7,9-11,14-15H2,1-3H3,(H,28,29). The van der Waals surface area contributed by atoms with E-state index in [0.29, 0.717) is 24.5 Å². The molecule has 0 bridgehead atoms. The van der Waals surface area contributed by atoms with Crippen LogP contribution in [0.3, 0.4) is 0 Å². The normalized spacial score (nSPS) is 14.6. The van der Waals surface area contributed by atoms with E-state index >= 15 is 0 Å². The summed E-state index contributed by atoms with van der Waals surface area (Å²) in [6.07, 6.45) is 0.616. The van der Waals surface area contributed by atoms with Crippen molar-refractivity contribution in [2.45, 2.75) is 46.0 Å². The highest BCUT2D eigenvalue weighted by Crippen LogP contribution is 2.34. The van der Waals surface area contributed by atoms with Crippen molar-refractivity contribution >= 4 is 11.5 Å². The van der Waals surface area contributed by atoms with E-state index in [1.54, 1.807) is 6.07 Å². The van der Waals surface area contributed by atoms with Crippen molar-refractivity contribution in [3.63, 3.8) is 0 Å². The van der Waals surface area contributed by atoms with Gasteiger partial charge in [0.05, 0.1) is 13.2 Å². The van der Waals surface area contributed by atoms with Gasteiger partial charge >= 0.3 is 5.97 Å². The fourth-order valence-corrected chi connectivity index (χ4v) is 3.72. The van der Waals surface area contributed by atoms with Crippen molar-refractivity contribution in [1.82, 2.24) is 0 Å². The Hall–Kier alpha value is -2.73. The molecule has 3 rings (SSSR count). The summed E-state index contributed by atoms with van der Waals surface area (Å²) in [5.41, 5.74) is 5.86. The molecule has 166 valence electrons. The molecular formula is C25H28F2O4. The molecule has 1 aliphatic heterocycles. The van der Waals surface area contributed by atoms with Crippen molar-refractivity contribution in [2.75, 3.05) is 19.8 Å². The smallest absolute Gasteiger partial charge is 0.303 e. The highest BCUT2D eigenvalue weighted by Gasteiger charge is 2.28. The second kappa shape index (κ2) is 9.60. The number of aliphatic carboxylic acids is 1. The zero-order valence-electron chi connectivity index (χ0n) is 18.1. The average molecular weight is 430 g/mol. The Morgan fingerprint density at radius 2 is 1.94 bits per heavy atom. The number of aryl methyl sites for hydroxylation is 3. The van der Waals surface area contributed by atoms with Crippen LogP contribution in [0.25, 0.3) is 5.57 Å². The molecule has 1 aliphatic rings. The molecular weight excluding hydrogens is 402 g/mol. The van der Waals surface area contributed by atoms with E-state index in [4.69, 9.17) is 14.6 Å². The van der Waals surface area contributed by atoms with Crippen molar-refractivity contribution in [3.8, 4) is 5.75 Å². The van der Waals surface area contributed by atoms with Crippen molar-refractivity contribution in [3.05, 3.63) is 69.8 Å². The first-order valence-electron chi connectivity index (χ1n) is 10.4. The van der Waals surface area contributed by atoms with E-state index in [9.17, 15) is 13.6 Å². The second-order valence-corrected chi connectivity index (χ2v) is 8.07. The van der Waals surface area contributed by atoms with Crippen LogP contribution < -0.4 is 4.74 Å². The molecule has 31 heavy (non-hydrogen) atoms. The molecule has 1 N–H and O–H groups in total. The Morgan fingerprint density at radius 3 is 2.61 bits per heavy atom. The highest BCUT2D eigenvalue weighted by molar-refractivity contribution is 5.70. The predicted molar refractivity (Wildman–Crippen MR) is 116 cm³/mol. The summed E-state index contributed by atoms with van der Waals surface area (Å²) in [5.74, 6) is -3.78. The zero-order valence-corrected chi connectivity index (χ0v) is 18.1. The minimum atomic E-state index is -3.09. The molecule has 2 aromatic carbocycles. The fraction of sp³-hybridized carbons (Fsp3) is 0.400. The van der Waals surface area contributed by atoms with Gasteiger partial charge in [-0.2, -0.15) is 0 Å². The molecule has 0 aliphatic carbocycles. The number of carbonyl (C=O) groups is 1. The summed E-state index contributed by atoms with van der Waals surface area (Å²) < 4.78 is 39.8. The van der Waals surface area contributed by atoms with Crippen LogP contribution in [0.4, 0.5) is 8.78 Å². The Labute approximate surface area is 181 Å². The van der Waals surface area contributed by atoms with Gasteiger partial charge in [0.2, 0.25) is 0 Å². The minimum Gasteiger partial charge on any atom is -0.489 e. The van der Waals surface area contributed by atoms with Crippen LogP contribution >= 0.6 is 0 Å².